The minimum absolute atomic E-state index is 0.491. The first-order chi connectivity index (χ1) is 7.29. The van der Waals surface area contributed by atoms with Crippen LogP contribution in [0, 0.1) is 12.3 Å². The Morgan fingerprint density at radius 2 is 2.20 bits per heavy atom. The van der Waals surface area contributed by atoms with E-state index in [1.54, 1.807) is 7.11 Å². The first-order valence-corrected chi connectivity index (χ1v) is 5.04. The van der Waals surface area contributed by atoms with Crippen LogP contribution in [0.3, 0.4) is 0 Å². The predicted octanol–water partition coefficient (Wildman–Crippen LogP) is 2.53. The molecule has 2 nitrogen and oxygen atoms in total. The molecule has 1 rings (SSSR count). The Bertz CT molecular complexity index is 339. The molecule has 1 aromatic carbocycles. The normalized spacial score (nSPS) is 11.8. The summed E-state index contributed by atoms with van der Waals surface area (Å²) in [4.78, 5) is 0. The van der Waals surface area contributed by atoms with Crippen LogP contribution in [0.15, 0.2) is 24.3 Å². The van der Waals surface area contributed by atoms with Gasteiger partial charge in [0.2, 0.25) is 0 Å². The van der Waals surface area contributed by atoms with Gasteiger partial charge in [0.15, 0.2) is 0 Å². The fourth-order valence-corrected chi connectivity index (χ4v) is 1.49. The van der Waals surface area contributed by atoms with Gasteiger partial charge in [-0.2, -0.15) is 0 Å². The summed E-state index contributed by atoms with van der Waals surface area (Å²) >= 11 is 0. The molecule has 0 amide bonds. The van der Waals surface area contributed by atoms with Crippen LogP contribution in [0.5, 0.6) is 5.75 Å². The number of para-hydroxylation sites is 1. The Kier molecular flexibility index (Phi) is 4.73. The van der Waals surface area contributed by atoms with Gasteiger partial charge in [-0.25, -0.2) is 0 Å². The number of methoxy groups -OCH3 is 1. The second kappa shape index (κ2) is 6.10. The summed E-state index contributed by atoms with van der Waals surface area (Å²) in [6.45, 7) is 0. The van der Waals surface area contributed by atoms with Gasteiger partial charge in [-0.3, -0.25) is 0 Å². The zero-order valence-corrected chi connectivity index (χ0v) is 8.94. The maximum Gasteiger partial charge on any atom is 0.124 e. The lowest BCUT2D eigenvalue weighted by atomic mass is 10.0. The molecule has 0 aliphatic rings. The monoisotopic (exact) mass is 204 g/mol. The van der Waals surface area contributed by atoms with E-state index in [1.165, 1.54) is 0 Å². The molecule has 0 aliphatic carbocycles. The van der Waals surface area contributed by atoms with Crippen molar-refractivity contribution in [3.8, 4) is 18.1 Å². The van der Waals surface area contributed by atoms with Gasteiger partial charge >= 0.3 is 0 Å². The minimum atomic E-state index is -0.491. The lowest BCUT2D eigenvalue weighted by molar-refractivity contribution is 0.161. The van der Waals surface area contributed by atoms with E-state index >= 15 is 0 Å². The molecule has 0 fully saturated rings. The molecular formula is C13H16O2. The molecule has 1 atom stereocenters. The topological polar surface area (TPSA) is 29.5 Å². The van der Waals surface area contributed by atoms with Crippen molar-refractivity contribution in [3.63, 3.8) is 0 Å². The Balaban J connectivity index is 2.64. The lowest BCUT2D eigenvalue weighted by Crippen LogP contribution is -2.00. The quantitative estimate of drug-likeness (QED) is 0.590. The van der Waals surface area contributed by atoms with Crippen LogP contribution >= 0.6 is 0 Å². The zero-order valence-electron chi connectivity index (χ0n) is 8.94. The Morgan fingerprint density at radius 3 is 2.87 bits per heavy atom. The third-order valence-electron chi connectivity index (χ3n) is 2.30. The molecule has 0 radical (unpaired) electrons. The average molecular weight is 204 g/mol. The van der Waals surface area contributed by atoms with Gasteiger partial charge in [0.25, 0.3) is 0 Å². The molecular weight excluding hydrogens is 188 g/mol. The van der Waals surface area contributed by atoms with Gasteiger partial charge < -0.3 is 9.84 Å². The molecule has 0 heterocycles. The van der Waals surface area contributed by atoms with Crippen LogP contribution in [0.4, 0.5) is 0 Å². The third kappa shape index (κ3) is 3.30. The fraction of sp³-hybridized carbons (Fsp3) is 0.385. The van der Waals surface area contributed by atoms with Gasteiger partial charge in [-0.15, -0.1) is 12.3 Å². The van der Waals surface area contributed by atoms with Crippen LogP contribution in [0.25, 0.3) is 0 Å². The molecule has 0 saturated carbocycles. The number of terminal acetylenes is 1. The van der Waals surface area contributed by atoms with E-state index in [2.05, 4.69) is 5.92 Å². The summed E-state index contributed by atoms with van der Waals surface area (Å²) < 4.78 is 5.17. The van der Waals surface area contributed by atoms with E-state index in [1.807, 2.05) is 24.3 Å². The molecule has 1 N–H and O–H groups in total. The van der Waals surface area contributed by atoms with Crippen molar-refractivity contribution in [2.45, 2.75) is 25.4 Å². The smallest absolute Gasteiger partial charge is 0.124 e. The molecule has 80 valence electrons. The third-order valence-corrected chi connectivity index (χ3v) is 2.30. The number of hydrogen-bond acceptors (Lipinski definition) is 2. The second-order valence-corrected chi connectivity index (χ2v) is 3.35. The molecule has 1 aromatic rings. The van der Waals surface area contributed by atoms with Crippen LogP contribution in [0.1, 0.15) is 30.9 Å². The molecule has 0 bridgehead atoms. The Labute approximate surface area is 90.9 Å². The van der Waals surface area contributed by atoms with Gasteiger partial charge in [0.1, 0.15) is 5.75 Å². The van der Waals surface area contributed by atoms with Crippen LogP contribution in [-0.2, 0) is 0 Å². The first-order valence-electron chi connectivity index (χ1n) is 5.04. The number of aliphatic hydroxyl groups excluding tert-OH is 1. The van der Waals surface area contributed by atoms with Gasteiger partial charge in [0, 0.05) is 12.0 Å². The number of ether oxygens (including phenoxy) is 1. The Hall–Kier alpha value is -1.46. The highest BCUT2D eigenvalue weighted by Crippen LogP contribution is 2.27. The Morgan fingerprint density at radius 1 is 1.47 bits per heavy atom. The summed E-state index contributed by atoms with van der Waals surface area (Å²) in [6, 6.07) is 7.50. The SMILES string of the molecule is C#CCCCC(O)c1ccccc1OC. The predicted molar refractivity (Wildman–Crippen MR) is 60.6 cm³/mol. The highest BCUT2D eigenvalue weighted by molar-refractivity contribution is 5.34. The van der Waals surface area contributed by atoms with E-state index in [0.717, 1.165) is 17.7 Å². The number of hydrogen-bond donors (Lipinski definition) is 1. The number of rotatable bonds is 5. The van der Waals surface area contributed by atoms with Crippen LogP contribution < -0.4 is 4.74 Å². The van der Waals surface area contributed by atoms with E-state index < -0.39 is 6.10 Å². The maximum atomic E-state index is 9.91. The number of benzene rings is 1. The van der Waals surface area contributed by atoms with Crippen molar-refractivity contribution in [1.82, 2.24) is 0 Å². The van der Waals surface area contributed by atoms with Crippen LogP contribution in [0.2, 0.25) is 0 Å². The van der Waals surface area contributed by atoms with Gasteiger partial charge in [0.05, 0.1) is 13.2 Å². The summed E-state index contributed by atoms with van der Waals surface area (Å²) in [5, 5.41) is 9.91. The molecule has 0 spiro atoms. The summed E-state index contributed by atoms with van der Waals surface area (Å²) in [7, 11) is 1.60. The molecule has 0 aliphatic heterocycles. The first kappa shape index (κ1) is 11.6. The van der Waals surface area contributed by atoms with E-state index in [9.17, 15) is 5.11 Å². The van der Waals surface area contributed by atoms with Gasteiger partial charge in [-0.05, 0) is 18.9 Å². The number of unbranched alkanes of at least 4 members (excludes halogenated alkanes) is 1. The minimum Gasteiger partial charge on any atom is -0.496 e. The molecule has 0 aromatic heterocycles. The summed E-state index contributed by atoms with van der Waals surface area (Å²) in [6.07, 6.45) is 6.86. The van der Waals surface area contributed by atoms with Gasteiger partial charge in [-0.1, -0.05) is 18.2 Å². The van der Waals surface area contributed by atoms with Crippen molar-refractivity contribution in [3.05, 3.63) is 29.8 Å². The molecule has 1 unspecified atom stereocenters. The maximum absolute atomic E-state index is 9.91. The molecule has 0 saturated heterocycles. The molecule has 2 heteroatoms. The largest absolute Gasteiger partial charge is 0.496 e. The highest BCUT2D eigenvalue weighted by atomic mass is 16.5. The van der Waals surface area contributed by atoms with Crippen molar-refractivity contribution in [1.29, 1.82) is 0 Å². The van der Waals surface area contributed by atoms with Crippen molar-refractivity contribution in [2.24, 2.45) is 0 Å². The second-order valence-electron chi connectivity index (χ2n) is 3.35. The van der Waals surface area contributed by atoms with Crippen molar-refractivity contribution in [2.75, 3.05) is 7.11 Å². The van der Waals surface area contributed by atoms with Crippen LogP contribution in [-0.4, -0.2) is 12.2 Å². The van der Waals surface area contributed by atoms with E-state index in [0.29, 0.717) is 12.8 Å². The van der Waals surface area contributed by atoms with Crippen molar-refractivity contribution < 1.29 is 9.84 Å². The number of aliphatic hydroxyl groups is 1. The zero-order chi connectivity index (χ0) is 11.1. The fourth-order valence-electron chi connectivity index (χ4n) is 1.49. The molecule has 15 heavy (non-hydrogen) atoms. The highest BCUT2D eigenvalue weighted by Gasteiger charge is 2.11. The van der Waals surface area contributed by atoms with E-state index in [4.69, 9.17) is 11.2 Å². The van der Waals surface area contributed by atoms with Crippen molar-refractivity contribution >= 4 is 0 Å². The summed E-state index contributed by atoms with van der Waals surface area (Å²) in [5.74, 6) is 3.29. The standard InChI is InChI=1S/C13H16O2/c1-3-4-5-9-12(14)11-8-6-7-10-13(11)15-2/h1,6-8,10,12,14H,4-5,9H2,2H3. The summed E-state index contributed by atoms with van der Waals surface area (Å²) in [5.41, 5.74) is 0.831. The average Bonchev–Trinajstić information content (AvgIpc) is 2.29. The van der Waals surface area contributed by atoms with E-state index in [-0.39, 0.29) is 0 Å². The lowest BCUT2D eigenvalue weighted by Gasteiger charge is -2.13.